The topological polar surface area (TPSA) is 89.4 Å². The quantitative estimate of drug-likeness (QED) is 0.687. The van der Waals surface area contributed by atoms with Gasteiger partial charge < -0.3 is 19.5 Å². The van der Waals surface area contributed by atoms with Crippen molar-refractivity contribution < 1.29 is 14.3 Å². The number of carbonyl (C=O) groups is 2. The number of nitrogens with zero attached hydrogens (tertiary/aromatic N) is 4. The maximum absolute atomic E-state index is 12.8. The summed E-state index contributed by atoms with van der Waals surface area (Å²) < 4.78 is 6.91. The van der Waals surface area contributed by atoms with Gasteiger partial charge in [-0.1, -0.05) is 12.1 Å². The standard InChI is InChI=1S/C21H23N5O3/c1-3-26-18(23-17-9-6-11-22-19(17)26)14-10-12-25(13-14)21(28)24-16-8-5-4-7-15(16)20(27)29-2/h4-9,11,14H,3,10,12-13H2,1-2H3,(H,24,28)/t14-/m1/s1. The number of carbonyl (C=O) groups excluding carboxylic acids is 2. The Bertz CT molecular complexity index is 1060. The highest BCUT2D eigenvalue weighted by Crippen LogP contribution is 2.29. The average Bonchev–Trinajstić information content (AvgIpc) is 3.38. The molecule has 1 aliphatic rings. The van der Waals surface area contributed by atoms with E-state index in [0.717, 1.165) is 30.0 Å². The van der Waals surface area contributed by atoms with Gasteiger partial charge in [0.25, 0.3) is 0 Å². The van der Waals surface area contributed by atoms with Crippen molar-refractivity contribution in [1.82, 2.24) is 19.4 Å². The lowest BCUT2D eigenvalue weighted by atomic mass is 10.1. The molecule has 1 fully saturated rings. The zero-order valence-corrected chi connectivity index (χ0v) is 16.5. The minimum Gasteiger partial charge on any atom is -0.465 e. The second kappa shape index (κ2) is 7.90. The zero-order valence-electron chi connectivity index (χ0n) is 16.5. The molecule has 0 spiro atoms. The molecule has 0 radical (unpaired) electrons. The van der Waals surface area contributed by atoms with Crippen molar-refractivity contribution in [1.29, 1.82) is 0 Å². The van der Waals surface area contributed by atoms with Crippen LogP contribution in [0.3, 0.4) is 0 Å². The number of hydrogen-bond acceptors (Lipinski definition) is 5. The fourth-order valence-corrected chi connectivity index (χ4v) is 3.83. The van der Waals surface area contributed by atoms with Crippen molar-refractivity contribution >= 4 is 28.9 Å². The monoisotopic (exact) mass is 393 g/mol. The van der Waals surface area contributed by atoms with Crippen LogP contribution in [0.2, 0.25) is 0 Å². The van der Waals surface area contributed by atoms with E-state index in [9.17, 15) is 9.59 Å². The zero-order chi connectivity index (χ0) is 20.4. The summed E-state index contributed by atoms with van der Waals surface area (Å²) in [5.74, 6) is 0.626. The summed E-state index contributed by atoms with van der Waals surface area (Å²) >= 11 is 0. The summed E-state index contributed by atoms with van der Waals surface area (Å²) in [5.41, 5.74) is 2.52. The molecule has 2 amide bonds. The molecule has 0 bridgehead atoms. The van der Waals surface area contributed by atoms with Crippen LogP contribution in [-0.4, -0.2) is 51.6 Å². The molecule has 8 heteroatoms. The Morgan fingerprint density at radius 3 is 2.86 bits per heavy atom. The van der Waals surface area contributed by atoms with Crippen LogP contribution in [0, 0.1) is 0 Å². The van der Waals surface area contributed by atoms with Gasteiger partial charge in [0, 0.05) is 31.7 Å². The largest absolute Gasteiger partial charge is 0.465 e. The summed E-state index contributed by atoms with van der Waals surface area (Å²) in [4.78, 5) is 35.7. The minimum atomic E-state index is -0.482. The summed E-state index contributed by atoms with van der Waals surface area (Å²) in [5, 5.41) is 2.84. The molecule has 29 heavy (non-hydrogen) atoms. The van der Waals surface area contributed by atoms with Gasteiger partial charge in [-0.05, 0) is 37.6 Å². The van der Waals surface area contributed by atoms with E-state index in [1.165, 1.54) is 7.11 Å². The number of anilines is 1. The summed E-state index contributed by atoms with van der Waals surface area (Å²) in [6.45, 7) is 4.04. The lowest BCUT2D eigenvalue weighted by molar-refractivity contribution is 0.0602. The van der Waals surface area contributed by atoms with Crippen molar-refractivity contribution in [3.63, 3.8) is 0 Å². The van der Waals surface area contributed by atoms with Crippen LogP contribution in [0.25, 0.3) is 11.2 Å². The second-order valence-electron chi connectivity index (χ2n) is 6.96. The van der Waals surface area contributed by atoms with Crippen LogP contribution in [-0.2, 0) is 11.3 Å². The third-order valence-electron chi connectivity index (χ3n) is 5.26. The Balaban J connectivity index is 1.51. The van der Waals surface area contributed by atoms with E-state index in [1.54, 1.807) is 35.4 Å². The molecule has 150 valence electrons. The maximum Gasteiger partial charge on any atom is 0.339 e. The summed E-state index contributed by atoms with van der Waals surface area (Å²) in [6.07, 6.45) is 2.60. The number of benzene rings is 1. The smallest absolute Gasteiger partial charge is 0.339 e. The number of imidazole rings is 1. The number of aromatic nitrogens is 3. The van der Waals surface area contributed by atoms with Gasteiger partial charge in [-0.25, -0.2) is 19.6 Å². The van der Waals surface area contributed by atoms with E-state index in [4.69, 9.17) is 9.72 Å². The highest BCUT2D eigenvalue weighted by atomic mass is 16.5. The molecule has 3 aromatic rings. The van der Waals surface area contributed by atoms with Crippen molar-refractivity contribution in [2.75, 3.05) is 25.5 Å². The lowest BCUT2D eigenvalue weighted by Gasteiger charge is -2.18. The van der Waals surface area contributed by atoms with Crippen molar-refractivity contribution in [2.24, 2.45) is 0 Å². The first kappa shape index (κ1) is 18.9. The lowest BCUT2D eigenvalue weighted by Crippen LogP contribution is -2.33. The maximum atomic E-state index is 12.8. The number of urea groups is 1. The second-order valence-corrected chi connectivity index (χ2v) is 6.96. The number of aryl methyl sites for hydroxylation is 1. The van der Waals surface area contributed by atoms with E-state index in [0.29, 0.717) is 24.3 Å². The number of ether oxygens (including phenoxy) is 1. The molecule has 1 aliphatic heterocycles. The minimum absolute atomic E-state index is 0.144. The van der Waals surface area contributed by atoms with Crippen LogP contribution in [0.15, 0.2) is 42.6 Å². The third-order valence-corrected chi connectivity index (χ3v) is 5.26. The number of para-hydroxylation sites is 1. The fourth-order valence-electron chi connectivity index (χ4n) is 3.83. The molecule has 1 saturated heterocycles. The molecule has 1 atom stereocenters. The number of fused-ring (bicyclic) bond motifs is 1. The van der Waals surface area contributed by atoms with Crippen LogP contribution >= 0.6 is 0 Å². The van der Waals surface area contributed by atoms with Crippen molar-refractivity contribution in [3.8, 4) is 0 Å². The van der Waals surface area contributed by atoms with Gasteiger partial charge in [0.15, 0.2) is 5.65 Å². The van der Waals surface area contributed by atoms with E-state index in [2.05, 4.69) is 21.8 Å². The van der Waals surface area contributed by atoms with E-state index >= 15 is 0 Å². The normalized spacial score (nSPS) is 16.2. The third kappa shape index (κ3) is 3.53. The number of pyridine rings is 1. The molecule has 4 rings (SSSR count). The molecule has 1 aromatic carbocycles. The Kier molecular flexibility index (Phi) is 5.16. The Labute approximate surface area is 168 Å². The number of likely N-dealkylation sites (tertiary alicyclic amines) is 1. The highest BCUT2D eigenvalue weighted by Gasteiger charge is 2.31. The van der Waals surface area contributed by atoms with Crippen LogP contribution in [0.1, 0.15) is 35.4 Å². The highest BCUT2D eigenvalue weighted by molar-refractivity contribution is 6.00. The molecular formula is C21H23N5O3. The number of nitrogens with one attached hydrogen (secondary N) is 1. The van der Waals surface area contributed by atoms with Gasteiger partial charge in [-0.15, -0.1) is 0 Å². The molecule has 1 N–H and O–H groups in total. The number of rotatable bonds is 4. The van der Waals surface area contributed by atoms with Gasteiger partial charge in [0.05, 0.1) is 18.4 Å². The first-order valence-corrected chi connectivity index (χ1v) is 9.66. The van der Waals surface area contributed by atoms with Gasteiger partial charge >= 0.3 is 12.0 Å². The summed E-state index contributed by atoms with van der Waals surface area (Å²) in [7, 11) is 1.32. The predicted octanol–water partition coefficient (Wildman–Crippen LogP) is 3.26. The number of esters is 1. The Morgan fingerprint density at radius 1 is 1.24 bits per heavy atom. The Hall–Kier alpha value is -3.42. The molecule has 0 unspecified atom stereocenters. The molecule has 2 aromatic heterocycles. The van der Waals surface area contributed by atoms with E-state index < -0.39 is 5.97 Å². The van der Waals surface area contributed by atoms with Gasteiger partial charge in [0.1, 0.15) is 11.3 Å². The van der Waals surface area contributed by atoms with E-state index in [1.807, 2.05) is 12.1 Å². The average molecular weight is 393 g/mol. The number of hydrogen-bond donors (Lipinski definition) is 1. The molecule has 0 aliphatic carbocycles. The van der Waals surface area contributed by atoms with Crippen LogP contribution in [0.4, 0.5) is 10.5 Å². The molecule has 8 nitrogen and oxygen atoms in total. The van der Waals surface area contributed by atoms with Crippen molar-refractivity contribution in [3.05, 3.63) is 54.0 Å². The van der Waals surface area contributed by atoms with Gasteiger partial charge in [-0.2, -0.15) is 0 Å². The van der Waals surface area contributed by atoms with Gasteiger partial charge in [0.2, 0.25) is 0 Å². The first-order valence-electron chi connectivity index (χ1n) is 9.66. The van der Waals surface area contributed by atoms with Crippen LogP contribution in [0.5, 0.6) is 0 Å². The fraction of sp³-hybridized carbons (Fsp3) is 0.333. The van der Waals surface area contributed by atoms with E-state index in [-0.39, 0.29) is 11.9 Å². The van der Waals surface area contributed by atoms with Crippen molar-refractivity contribution in [2.45, 2.75) is 25.8 Å². The molecule has 3 heterocycles. The predicted molar refractivity (Wildman–Crippen MR) is 109 cm³/mol. The SMILES string of the molecule is CCn1c([C@@H]2CCN(C(=O)Nc3ccccc3C(=O)OC)C2)nc2cccnc21. The summed E-state index contributed by atoms with van der Waals surface area (Å²) in [6, 6.07) is 10.4. The number of amides is 2. The Morgan fingerprint density at radius 2 is 2.07 bits per heavy atom. The van der Waals surface area contributed by atoms with Gasteiger partial charge in [-0.3, -0.25) is 0 Å². The molecule has 0 saturated carbocycles. The molecular weight excluding hydrogens is 370 g/mol. The van der Waals surface area contributed by atoms with Crippen LogP contribution < -0.4 is 5.32 Å². The number of methoxy groups -OCH3 is 1. The first-order chi connectivity index (χ1) is 14.1.